The average Bonchev–Trinajstić information content (AvgIpc) is 3.18. The summed E-state index contributed by atoms with van der Waals surface area (Å²) in [6.45, 7) is 2.10. The van der Waals surface area contributed by atoms with Crippen molar-refractivity contribution < 1.29 is 4.79 Å². The Kier molecular flexibility index (Phi) is 3.25. The summed E-state index contributed by atoms with van der Waals surface area (Å²) in [5.41, 5.74) is 3.37. The number of piperidine rings is 1. The van der Waals surface area contributed by atoms with Crippen molar-refractivity contribution in [3.8, 4) is 0 Å². The van der Waals surface area contributed by atoms with Crippen LogP contribution in [0.5, 0.6) is 0 Å². The number of hydrogen-bond donors (Lipinski definition) is 0. The Hall–Kier alpha value is -2.10. The molecule has 0 atom stereocenters. The molecule has 2 aromatic rings. The van der Waals surface area contributed by atoms with E-state index < -0.39 is 0 Å². The van der Waals surface area contributed by atoms with E-state index in [9.17, 15) is 4.79 Å². The smallest absolute Gasteiger partial charge is 0.244 e. The predicted molar refractivity (Wildman–Crippen MR) is 84.5 cm³/mol. The first-order valence-corrected chi connectivity index (χ1v) is 8.10. The number of likely N-dealkylation sites (tertiary alicyclic amines) is 1. The zero-order valence-electron chi connectivity index (χ0n) is 12.7. The Morgan fingerprint density at radius 1 is 1.14 bits per heavy atom. The molecule has 1 aromatic carbocycles. The molecule has 0 bridgehead atoms. The van der Waals surface area contributed by atoms with E-state index in [1.54, 1.807) is 10.9 Å². The summed E-state index contributed by atoms with van der Waals surface area (Å²) in [6, 6.07) is 10.7. The molecule has 4 nitrogen and oxygen atoms in total. The molecule has 1 amide bonds. The van der Waals surface area contributed by atoms with Crippen LogP contribution in [0.2, 0.25) is 0 Å². The van der Waals surface area contributed by atoms with E-state index >= 15 is 0 Å². The van der Waals surface area contributed by atoms with Gasteiger partial charge in [-0.2, -0.15) is 5.10 Å². The minimum Gasteiger partial charge on any atom is -0.341 e. The quantitative estimate of drug-likeness (QED) is 0.853. The Morgan fingerprint density at radius 3 is 2.73 bits per heavy atom. The fraction of sp³-hybridized carbons (Fsp3) is 0.444. The molecule has 1 spiro atoms. The van der Waals surface area contributed by atoms with Crippen molar-refractivity contribution in [2.24, 2.45) is 0 Å². The van der Waals surface area contributed by atoms with E-state index in [0.717, 1.165) is 25.9 Å². The number of fused-ring (bicyclic) bond motifs is 2. The van der Waals surface area contributed by atoms with Crippen molar-refractivity contribution in [1.82, 2.24) is 14.7 Å². The number of amides is 1. The Labute approximate surface area is 130 Å². The first-order valence-electron chi connectivity index (χ1n) is 8.10. The number of benzene rings is 1. The number of carbonyl (C=O) groups is 1. The topological polar surface area (TPSA) is 38.1 Å². The largest absolute Gasteiger partial charge is 0.341 e. The molecule has 1 fully saturated rings. The summed E-state index contributed by atoms with van der Waals surface area (Å²) in [5.74, 6) is 0.185. The second-order valence-electron chi connectivity index (χ2n) is 6.52. The highest BCUT2D eigenvalue weighted by Crippen LogP contribution is 2.46. The molecular formula is C18H21N3O. The average molecular weight is 295 g/mol. The van der Waals surface area contributed by atoms with Crippen molar-refractivity contribution in [2.75, 3.05) is 13.1 Å². The fourth-order valence-corrected chi connectivity index (χ4v) is 4.10. The Bertz CT molecular complexity index is 669. The Morgan fingerprint density at radius 2 is 1.95 bits per heavy atom. The van der Waals surface area contributed by atoms with Crippen LogP contribution >= 0.6 is 0 Å². The third-order valence-corrected chi connectivity index (χ3v) is 5.39. The number of aryl methyl sites for hydroxylation is 1. The van der Waals surface area contributed by atoms with Crippen LogP contribution in [-0.2, 0) is 23.2 Å². The second kappa shape index (κ2) is 5.27. The molecule has 1 aliphatic heterocycles. The first-order chi connectivity index (χ1) is 10.8. The van der Waals surface area contributed by atoms with Gasteiger partial charge in [-0.1, -0.05) is 24.3 Å². The number of nitrogens with zero attached hydrogens (tertiary/aromatic N) is 3. The fourth-order valence-electron chi connectivity index (χ4n) is 4.10. The summed E-state index contributed by atoms with van der Waals surface area (Å²) in [6.07, 6.45) is 8.18. The normalized spacial score (nSPS) is 19.4. The third kappa shape index (κ3) is 2.23. The summed E-state index contributed by atoms with van der Waals surface area (Å²) < 4.78 is 1.71. The molecule has 4 rings (SSSR count). The lowest BCUT2D eigenvalue weighted by molar-refractivity contribution is -0.133. The SMILES string of the molecule is O=C(Cn1cccn1)N1CCC2(CCc3ccccc32)CC1. The highest BCUT2D eigenvalue weighted by atomic mass is 16.2. The van der Waals surface area contributed by atoms with E-state index in [2.05, 4.69) is 29.4 Å². The second-order valence-corrected chi connectivity index (χ2v) is 6.52. The zero-order valence-corrected chi connectivity index (χ0v) is 12.7. The molecule has 0 radical (unpaired) electrons. The van der Waals surface area contributed by atoms with Gasteiger partial charge in [-0.25, -0.2) is 0 Å². The van der Waals surface area contributed by atoms with Crippen LogP contribution in [0.1, 0.15) is 30.4 Å². The lowest BCUT2D eigenvalue weighted by Crippen LogP contribution is -2.45. The maximum absolute atomic E-state index is 12.4. The van der Waals surface area contributed by atoms with E-state index in [0.29, 0.717) is 12.0 Å². The minimum atomic E-state index is 0.185. The minimum absolute atomic E-state index is 0.185. The molecule has 114 valence electrons. The lowest BCUT2D eigenvalue weighted by atomic mass is 9.74. The highest BCUT2D eigenvalue weighted by molar-refractivity contribution is 5.76. The molecule has 1 aromatic heterocycles. The highest BCUT2D eigenvalue weighted by Gasteiger charge is 2.41. The van der Waals surface area contributed by atoms with Gasteiger partial charge in [0, 0.05) is 25.5 Å². The van der Waals surface area contributed by atoms with Crippen LogP contribution in [0.15, 0.2) is 42.7 Å². The summed E-state index contributed by atoms with van der Waals surface area (Å²) in [4.78, 5) is 14.4. The van der Waals surface area contributed by atoms with E-state index in [-0.39, 0.29) is 5.91 Å². The number of aromatic nitrogens is 2. The maximum Gasteiger partial charge on any atom is 0.244 e. The van der Waals surface area contributed by atoms with Crippen LogP contribution in [0.3, 0.4) is 0 Å². The van der Waals surface area contributed by atoms with Gasteiger partial charge in [0.2, 0.25) is 5.91 Å². The molecule has 0 unspecified atom stereocenters. The Balaban J connectivity index is 1.44. The summed E-state index contributed by atoms with van der Waals surface area (Å²) in [7, 11) is 0. The first kappa shape index (κ1) is 13.6. The van der Waals surface area contributed by atoms with E-state index in [1.165, 1.54) is 24.0 Å². The van der Waals surface area contributed by atoms with E-state index in [1.807, 2.05) is 17.2 Å². The van der Waals surface area contributed by atoms with E-state index in [4.69, 9.17) is 0 Å². The molecule has 2 heterocycles. The van der Waals surface area contributed by atoms with Gasteiger partial charge in [-0.05, 0) is 48.3 Å². The molecular weight excluding hydrogens is 274 g/mol. The van der Waals surface area contributed by atoms with Crippen molar-refractivity contribution in [3.63, 3.8) is 0 Å². The molecule has 1 aliphatic carbocycles. The van der Waals surface area contributed by atoms with Crippen molar-refractivity contribution in [1.29, 1.82) is 0 Å². The van der Waals surface area contributed by atoms with Crippen LogP contribution in [0, 0.1) is 0 Å². The molecule has 2 aliphatic rings. The van der Waals surface area contributed by atoms with Crippen LogP contribution in [0.25, 0.3) is 0 Å². The summed E-state index contributed by atoms with van der Waals surface area (Å²) >= 11 is 0. The monoisotopic (exact) mass is 295 g/mol. The number of rotatable bonds is 2. The van der Waals surface area contributed by atoms with Gasteiger partial charge in [0.05, 0.1) is 0 Å². The van der Waals surface area contributed by atoms with Crippen LogP contribution < -0.4 is 0 Å². The standard InChI is InChI=1S/C18H21N3O/c22-17(14-21-11-3-10-19-21)20-12-8-18(9-13-20)7-6-15-4-1-2-5-16(15)18/h1-5,10-11H,6-9,12-14H2. The van der Waals surface area contributed by atoms with Crippen molar-refractivity contribution in [3.05, 3.63) is 53.9 Å². The predicted octanol–water partition coefficient (Wildman–Crippen LogP) is 2.39. The molecule has 0 N–H and O–H groups in total. The van der Waals surface area contributed by atoms with Gasteiger partial charge in [0.15, 0.2) is 0 Å². The van der Waals surface area contributed by atoms with Crippen molar-refractivity contribution in [2.45, 2.75) is 37.6 Å². The van der Waals surface area contributed by atoms with Crippen LogP contribution in [0.4, 0.5) is 0 Å². The van der Waals surface area contributed by atoms with Gasteiger partial charge in [0.25, 0.3) is 0 Å². The molecule has 4 heteroatoms. The number of carbonyl (C=O) groups excluding carboxylic acids is 1. The molecule has 1 saturated heterocycles. The van der Waals surface area contributed by atoms with Gasteiger partial charge in [-0.15, -0.1) is 0 Å². The molecule has 0 saturated carbocycles. The summed E-state index contributed by atoms with van der Waals surface area (Å²) in [5, 5.41) is 4.12. The lowest BCUT2D eigenvalue weighted by Gasteiger charge is -2.40. The zero-order chi connectivity index (χ0) is 15.0. The van der Waals surface area contributed by atoms with Crippen molar-refractivity contribution >= 4 is 5.91 Å². The van der Waals surface area contributed by atoms with Gasteiger partial charge in [-0.3, -0.25) is 9.48 Å². The maximum atomic E-state index is 12.4. The number of hydrogen-bond acceptors (Lipinski definition) is 2. The van der Waals surface area contributed by atoms with Gasteiger partial charge < -0.3 is 4.90 Å². The third-order valence-electron chi connectivity index (χ3n) is 5.39. The molecule has 22 heavy (non-hydrogen) atoms. The van der Waals surface area contributed by atoms with Gasteiger partial charge >= 0.3 is 0 Å². The van der Waals surface area contributed by atoms with Gasteiger partial charge in [0.1, 0.15) is 6.54 Å². The van der Waals surface area contributed by atoms with Crippen LogP contribution in [-0.4, -0.2) is 33.7 Å².